The fraction of sp³-hybridized carbons (Fsp3) is 0.667. The summed E-state index contributed by atoms with van der Waals surface area (Å²) in [5, 5.41) is 8.72. The molecule has 0 aliphatic heterocycles. The Morgan fingerprint density at radius 3 is 2.31 bits per heavy atom. The first kappa shape index (κ1) is 12.5. The molecule has 0 heterocycles. The molecule has 0 saturated heterocycles. The van der Waals surface area contributed by atoms with Gasteiger partial charge in [0.2, 0.25) is 0 Å². The monoisotopic (exact) mass is 205 g/mol. The number of aliphatic carboxylic acids is 1. The van der Waals surface area contributed by atoms with Crippen molar-refractivity contribution < 1.29 is 9.90 Å². The molecule has 0 atom stereocenters. The van der Waals surface area contributed by atoms with Crippen LogP contribution in [0.1, 0.15) is 13.3 Å². The lowest BCUT2D eigenvalue weighted by Gasteiger charge is -2.11. The zero-order valence-electron chi connectivity index (χ0n) is 8.30. The van der Waals surface area contributed by atoms with E-state index in [0.717, 1.165) is 12.1 Å². The van der Waals surface area contributed by atoms with Crippen LogP contribution < -0.4 is 0 Å². The summed E-state index contributed by atoms with van der Waals surface area (Å²) in [6.07, 6.45) is 0.717. The predicted molar refractivity (Wildman–Crippen MR) is 54.2 cm³/mol. The molecule has 0 amide bonds. The fourth-order valence-electron chi connectivity index (χ4n) is 0.864. The minimum absolute atomic E-state index is 0.298. The first-order valence-electron chi connectivity index (χ1n) is 4.11. The lowest BCUT2D eigenvalue weighted by Crippen LogP contribution is -2.15. The average Bonchev–Trinajstić information content (AvgIpc) is 2.04. The Morgan fingerprint density at radius 1 is 1.46 bits per heavy atom. The lowest BCUT2D eigenvalue weighted by atomic mass is 10.1. The molecule has 0 bridgehead atoms. The third-order valence-corrected chi connectivity index (χ3v) is 2.20. The van der Waals surface area contributed by atoms with Crippen molar-refractivity contribution in [1.82, 2.24) is 4.90 Å². The highest BCUT2D eigenvalue weighted by Gasteiger charge is 2.08. The van der Waals surface area contributed by atoms with Crippen LogP contribution >= 0.6 is 11.6 Å². The van der Waals surface area contributed by atoms with Gasteiger partial charge in [-0.3, -0.25) is 0 Å². The Labute approximate surface area is 84.0 Å². The van der Waals surface area contributed by atoms with E-state index in [4.69, 9.17) is 16.7 Å². The van der Waals surface area contributed by atoms with Gasteiger partial charge in [0, 0.05) is 18.0 Å². The summed E-state index contributed by atoms with van der Waals surface area (Å²) in [6.45, 7) is 2.42. The topological polar surface area (TPSA) is 40.5 Å². The van der Waals surface area contributed by atoms with Crippen LogP contribution in [0.5, 0.6) is 0 Å². The molecule has 0 spiro atoms. The summed E-state index contributed by atoms with van der Waals surface area (Å²) in [5.74, 6) is -0.583. The van der Waals surface area contributed by atoms with Gasteiger partial charge in [-0.1, -0.05) is 0 Å². The van der Waals surface area contributed by atoms with Crippen LogP contribution in [0.2, 0.25) is 0 Å². The molecule has 3 nitrogen and oxygen atoms in total. The quantitative estimate of drug-likeness (QED) is 0.547. The Kier molecular flexibility index (Phi) is 5.75. The van der Waals surface area contributed by atoms with Crippen molar-refractivity contribution >= 4 is 17.6 Å². The number of halogens is 1. The van der Waals surface area contributed by atoms with E-state index in [0.29, 0.717) is 17.9 Å². The molecule has 4 heteroatoms. The van der Waals surface area contributed by atoms with Gasteiger partial charge < -0.3 is 10.0 Å². The summed E-state index contributed by atoms with van der Waals surface area (Å²) in [6, 6.07) is 0. The second kappa shape index (κ2) is 6.00. The number of rotatable bonds is 5. The molecule has 1 N–H and O–H groups in total. The number of nitrogens with zero attached hydrogens (tertiary/aromatic N) is 1. The fourth-order valence-corrected chi connectivity index (χ4v) is 1.20. The number of alkyl halides is 1. The Hall–Kier alpha value is -0.540. The van der Waals surface area contributed by atoms with Crippen molar-refractivity contribution in [3.63, 3.8) is 0 Å². The molecule has 0 saturated carbocycles. The minimum Gasteiger partial charge on any atom is -0.478 e. The zero-order chi connectivity index (χ0) is 10.4. The van der Waals surface area contributed by atoms with Gasteiger partial charge in [-0.05, 0) is 33.0 Å². The normalized spacial score (nSPS) is 13.0. The summed E-state index contributed by atoms with van der Waals surface area (Å²) in [4.78, 5) is 12.6. The number of carboxylic acid groups (broad SMARTS) is 1. The summed E-state index contributed by atoms with van der Waals surface area (Å²) < 4.78 is 0. The van der Waals surface area contributed by atoms with Gasteiger partial charge in [0.05, 0.1) is 0 Å². The second-order valence-electron chi connectivity index (χ2n) is 3.22. The first-order chi connectivity index (χ1) is 5.99. The van der Waals surface area contributed by atoms with Gasteiger partial charge in [-0.25, -0.2) is 4.79 Å². The molecule has 0 aliphatic carbocycles. The maximum atomic E-state index is 10.6. The summed E-state index contributed by atoms with van der Waals surface area (Å²) in [5.41, 5.74) is 1.18. The van der Waals surface area contributed by atoms with Crippen molar-refractivity contribution in [2.75, 3.05) is 26.5 Å². The summed E-state index contributed by atoms with van der Waals surface area (Å²) >= 11 is 5.65. The van der Waals surface area contributed by atoms with E-state index in [-0.39, 0.29) is 0 Å². The number of carbonyl (C=O) groups is 1. The first-order valence-corrected chi connectivity index (χ1v) is 4.65. The SMILES string of the molecule is CC(C(=O)O)=C(CCl)CCN(C)C. The van der Waals surface area contributed by atoms with Crippen molar-refractivity contribution in [3.8, 4) is 0 Å². The van der Waals surface area contributed by atoms with Crippen LogP contribution in [0, 0.1) is 0 Å². The molecular formula is C9H16ClNO2. The van der Waals surface area contributed by atoms with Gasteiger partial charge in [0.15, 0.2) is 0 Å². The molecule has 0 aromatic heterocycles. The lowest BCUT2D eigenvalue weighted by molar-refractivity contribution is -0.132. The maximum absolute atomic E-state index is 10.6. The van der Waals surface area contributed by atoms with E-state index >= 15 is 0 Å². The molecule has 0 rings (SSSR count). The van der Waals surface area contributed by atoms with Crippen LogP contribution in [0.4, 0.5) is 0 Å². The van der Waals surface area contributed by atoms with Gasteiger partial charge in [-0.15, -0.1) is 11.6 Å². The van der Waals surface area contributed by atoms with E-state index in [9.17, 15) is 4.79 Å². The zero-order valence-corrected chi connectivity index (χ0v) is 9.06. The Balaban J connectivity index is 4.32. The number of hydrogen-bond acceptors (Lipinski definition) is 2. The summed E-state index contributed by atoms with van der Waals surface area (Å²) in [7, 11) is 3.89. The van der Waals surface area contributed by atoms with Crippen molar-refractivity contribution in [2.24, 2.45) is 0 Å². The molecular weight excluding hydrogens is 190 g/mol. The Bertz CT molecular complexity index is 212. The maximum Gasteiger partial charge on any atom is 0.331 e. The van der Waals surface area contributed by atoms with Crippen molar-refractivity contribution in [1.29, 1.82) is 0 Å². The molecule has 0 unspecified atom stereocenters. The molecule has 0 fully saturated rings. The van der Waals surface area contributed by atoms with Crippen LogP contribution in [0.25, 0.3) is 0 Å². The average molecular weight is 206 g/mol. The molecule has 13 heavy (non-hydrogen) atoms. The van der Waals surface area contributed by atoms with Crippen molar-refractivity contribution in [2.45, 2.75) is 13.3 Å². The number of hydrogen-bond donors (Lipinski definition) is 1. The highest BCUT2D eigenvalue weighted by molar-refractivity contribution is 6.19. The minimum atomic E-state index is -0.880. The van der Waals surface area contributed by atoms with E-state index in [1.165, 1.54) is 0 Å². The van der Waals surface area contributed by atoms with E-state index < -0.39 is 5.97 Å². The van der Waals surface area contributed by atoms with Crippen LogP contribution in [-0.4, -0.2) is 42.5 Å². The molecule has 76 valence electrons. The van der Waals surface area contributed by atoms with Crippen LogP contribution in [0.15, 0.2) is 11.1 Å². The van der Waals surface area contributed by atoms with Gasteiger partial charge in [-0.2, -0.15) is 0 Å². The molecule has 0 aromatic carbocycles. The van der Waals surface area contributed by atoms with Gasteiger partial charge in [0.25, 0.3) is 0 Å². The van der Waals surface area contributed by atoms with Gasteiger partial charge in [0.1, 0.15) is 0 Å². The third-order valence-electron chi connectivity index (χ3n) is 1.87. The van der Waals surface area contributed by atoms with Gasteiger partial charge >= 0.3 is 5.97 Å². The van der Waals surface area contributed by atoms with E-state index in [1.807, 2.05) is 19.0 Å². The Morgan fingerprint density at radius 2 is 2.00 bits per heavy atom. The third kappa shape index (κ3) is 4.90. The van der Waals surface area contributed by atoms with Crippen LogP contribution in [0.3, 0.4) is 0 Å². The molecule has 0 aliphatic rings. The van der Waals surface area contributed by atoms with E-state index in [2.05, 4.69) is 0 Å². The number of carboxylic acids is 1. The highest BCUT2D eigenvalue weighted by atomic mass is 35.5. The molecule has 0 radical (unpaired) electrons. The highest BCUT2D eigenvalue weighted by Crippen LogP contribution is 2.11. The standard InChI is InChI=1S/C9H16ClNO2/c1-7(9(12)13)8(6-10)4-5-11(2)3/h4-6H2,1-3H3,(H,12,13). The largest absolute Gasteiger partial charge is 0.478 e. The second-order valence-corrected chi connectivity index (χ2v) is 3.49. The molecule has 0 aromatic rings. The van der Waals surface area contributed by atoms with Crippen molar-refractivity contribution in [3.05, 3.63) is 11.1 Å². The predicted octanol–water partition coefficient (Wildman–Crippen LogP) is 1.58. The van der Waals surface area contributed by atoms with E-state index in [1.54, 1.807) is 6.92 Å². The smallest absolute Gasteiger partial charge is 0.331 e. The van der Waals surface area contributed by atoms with Crippen LogP contribution in [-0.2, 0) is 4.79 Å².